The monoisotopic (exact) mass is 250 g/mol. The first-order valence-corrected chi connectivity index (χ1v) is 5.28. The summed E-state index contributed by atoms with van der Waals surface area (Å²) in [6, 6.07) is 8.09. The Bertz CT molecular complexity index is 573. The molecule has 0 aliphatic carbocycles. The summed E-state index contributed by atoms with van der Waals surface area (Å²) < 4.78 is 38.8. The zero-order valence-electron chi connectivity index (χ0n) is 9.29. The average Bonchev–Trinajstić information content (AvgIpc) is 2.27. The molecule has 0 saturated carbocycles. The highest BCUT2D eigenvalue weighted by Gasteiger charge is 2.09. The van der Waals surface area contributed by atoms with Crippen LogP contribution in [0, 0.1) is 17.5 Å². The summed E-state index contributed by atoms with van der Waals surface area (Å²) in [5.74, 6) is -2.39. The first-order chi connectivity index (χ1) is 8.54. The molecule has 1 nitrogen and oxygen atoms in total. The number of rotatable bonds is 3. The van der Waals surface area contributed by atoms with Crippen molar-refractivity contribution >= 4 is 5.78 Å². The van der Waals surface area contributed by atoms with E-state index in [4.69, 9.17) is 0 Å². The molecule has 0 aromatic heterocycles. The summed E-state index contributed by atoms with van der Waals surface area (Å²) in [4.78, 5) is 11.8. The van der Waals surface area contributed by atoms with Gasteiger partial charge in [0.25, 0.3) is 0 Å². The highest BCUT2D eigenvalue weighted by atomic mass is 19.1. The second-order valence-corrected chi connectivity index (χ2v) is 3.89. The standard InChI is InChI=1S/C14H9F3O/c15-11-3-1-2-10(7-11)14(18)6-9-4-12(16)8-13(17)5-9/h1-5,7-8H,6H2. The van der Waals surface area contributed by atoms with E-state index in [9.17, 15) is 18.0 Å². The molecule has 0 spiro atoms. The maximum atomic E-state index is 12.9. The SMILES string of the molecule is O=C(Cc1cc(F)cc(F)c1)c1cccc(F)c1. The Morgan fingerprint density at radius 3 is 2.17 bits per heavy atom. The Labute approximate surface area is 102 Å². The van der Waals surface area contributed by atoms with Gasteiger partial charge in [0.15, 0.2) is 5.78 Å². The number of carbonyl (C=O) groups excluding carboxylic acids is 1. The summed E-state index contributed by atoms with van der Waals surface area (Å²) in [5.41, 5.74) is 0.404. The second kappa shape index (κ2) is 5.04. The number of ketones is 1. The molecule has 2 aromatic carbocycles. The molecule has 0 radical (unpaired) electrons. The van der Waals surface area contributed by atoms with Crippen molar-refractivity contribution in [2.45, 2.75) is 6.42 Å². The Kier molecular flexibility index (Phi) is 3.46. The van der Waals surface area contributed by atoms with E-state index in [-0.39, 0.29) is 23.3 Å². The lowest BCUT2D eigenvalue weighted by Gasteiger charge is -2.02. The van der Waals surface area contributed by atoms with Crippen molar-refractivity contribution in [2.75, 3.05) is 0 Å². The second-order valence-electron chi connectivity index (χ2n) is 3.89. The van der Waals surface area contributed by atoms with Crippen LogP contribution in [0.15, 0.2) is 42.5 Å². The molecule has 0 saturated heterocycles. The van der Waals surface area contributed by atoms with Crippen LogP contribution in [0.3, 0.4) is 0 Å². The third kappa shape index (κ3) is 2.97. The van der Waals surface area contributed by atoms with Crippen LogP contribution in [0.1, 0.15) is 15.9 Å². The van der Waals surface area contributed by atoms with Gasteiger partial charge in [-0.15, -0.1) is 0 Å². The van der Waals surface area contributed by atoms with Crippen LogP contribution >= 0.6 is 0 Å². The smallest absolute Gasteiger partial charge is 0.167 e. The minimum Gasteiger partial charge on any atom is -0.294 e. The molecule has 0 aliphatic heterocycles. The van der Waals surface area contributed by atoms with E-state index in [1.807, 2.05) is 0 Å². The molecule has 0 bridgehead atoms. The third-order valence-electron chi connectivity index (χ3n) is 2.43. The van der Waals surface area contributed by atoms with Crippen molar-refractivity contribution in [1.29, 1.82) is 0 Å². The lowest BCUT2D eigenvalue weighted by Crippen LogP contribution is -2.04. The predicted molar refractivity (Wildman–Crippen MR) is 60.8 cm³/mol. The average molecular weight is 250 g/mol. The van der Waals surface area contributed by atoms with Crippen LogP contribution in [0.2, 0.25) is 0 Å². The molecule has 4 heteroatoms. The van der Waals surface area contributed by atoms with Gasteiger partial charge in [0.2, 0.25) is 0 Å². The minimum absolute atomic E-state index is 0.169. The van der Waals surface area contributed by atoms with Gasteiger partial charge in [-0.2, -0.15) is 0 Å². The molecule has 0 amide bonds. The molecule has 0 fully saturated rings. The first kappa shape index (κ1) is 12.4. The Balaban J connectivity index is 2.21. The van der Waals surface area contributed by atoms with Crippen LogP contribution < -0.4 is 0 Å². The van der Waals surface area contributed by atoms with Crippen molar-refractivity contribution in [2.24, 2.45) is 0 Å². The number of Topliss-reactive ketones (excluding diaryl/α,β-unsaturated/α-hetero) is 1. The van der Waals surface area contributed by atoms with Gasteiger partial charge in [0, 0.05) is 18.1 Å². The highest BCUT2D eigenvalue weighted by Crippen LogP contribution is 2.12. The minimum atomic E-state index is -0.739. The van der Waals surface area contributed by atoms with Gasteiger partial charge < -0.3 is 0 Å². The normalized spacial score (nSPS) is 10.4. The number of carbonyl (C=O) groups is 1. The van der Waals surface area contributed by atoms with E-state index in [0.29, 0.717) is 0 Å². The number of halogens is 3. The van der Waals surface area contributed by atoms with Crippen LogP contribution in [0.5, 0.6) is 0 Å². The molecular formula is C14H9F3O. The Hall–Kier alpha value is -2.10. The quantitative estimate of drug-likeness (QED) is 0.761. The third-order valence-corrected chi connectivity index (χ3v) is 2.43. The van der Waals surface area contributed by atoms with Gasteiger partial charge in [0.1, 0.15) is 17.5 Å². The highest BCUT2D eigenvalue weighted by molar-refractivity contribution is 5.97. The van der Waals surface area contributed by atoms with Crippen molar-refractivity contribution in [3.05, 3.63) is 71.0 Å². The summed E-state index contributed by atoms with van der Waals surface area (Å²) >= 11 is 0. The Morgan fingerprint density at radius 1 is 0.889 bits per heavy atom. The van der Waals surface area contributed by atoms with E-state index in [1.165, 1.54) is 18.2 Å². The summed E-state index contributed by atoms with van der Waals surface area (Å²) in [6.07, 6.45) is -0.169. The molecule has 0 aliphatic rings. The van der Waals surface area contributed by atoms with Crippen LogP contribution in [-0.2, 0) is 6.42 Å². The van der Waals surface area contributed by atoms with Gasteiger partial charge in [-0.3, -0.25) is 4.79 Å². The summed E-state index contributed by atoms with van der Waals surface area (Å²) in [7, 11) is 0. The van der Waals surface area contributed by atoms with Crippen LogP contribution in [0.25, 0.3) is 0 Å². The van der Waals surface area contributed by atoms with Gasteiger partial charge in [-0.05, 0) is 29.8 Å². The van der Waals surface area contributed by atoms with E-state index in [0.717, 1.165) is 24.3 Å². The molecule has 18 heavy (non-hydrogen) atoms. The first-order valence-electron chi connectivity index (χ1n) is 5.28. The molecule has 2 aromatic rings. The van der Waals surface area contributed by atoms with Crippen LogP contribution in [-0.4, -0.2) is 5.78 Å². The van der Waals surface area contributed by atoms with Gasteiger partial charge in [-0.25, -0.2) is 13.2 Å². The van der Waals surface area contributed by atoms with Crippen molar-refractivity contribution in [3.8, 4) is 0 Å². The zero-order valence-corrected chi connectivity index (χ0v) is 9.29. The molecule has 0 heterocycles. The Morgan fingerprint density at radius 2 is 1.56 bits per heavy atom. The lowest BCUT2D eigenvalue weighted by molar-refractivity contribution is 0.0992. The lowest BCUT2D eigenvalue weighted by atomic mass is 10.0. The number of hydrogen-bond donors (Lipinski definition) is 0. The zero-order chi connectivity index (χ0) is 13.1. The maximum absolute atomic E-state index is 12.9. The molecular weight excluding hydrogens is 241 g/mol. The van der Waals surface area contributed by atoms with E-state index >= 15 is 0 Å². The van der Waals surface area contributed by atoms with E-state index < -0.39 is 17.5 Å². The van der Waals surface area contributed by atoms with Crippen LogP contribution in [0.4, 0.5) is 13.2 Å². The fourth-order valence-corrected chi connectivity index (χ4v) is 1.66. The number of hydrogen-bond acceptors (Lipinski definition) is 1. The topological polar surface area (TPSA) is 17.1 Å². The maximum Gasteiger partial charge on any atom is 0.167 e. The van der Waals surface area contributed by atoms with Gasteiger partial charge >= 0.3 is 0 Å². The van der Waals surface area contributed by atoms with Crippen molar-refractivity contribution in [3.63, 3.8) is 0 Å². The molecule has 0 atom stereocenters. The fraction of sp³-hybridized carbons (Fsp3) is 0.0714. The predicted octanol–water partition coefficient (Wildman–Crippen LogP) is 3.53. The van der Waals surface area contributed by atoms with Gasteiger partial charge in [-0.1, -0.05) is 12.1 Å². The summed E-state index contributed by atoms with van der Waals surface area (Å²) in [6.45, 7) is 0. The molecule has 0 unspecified atom stereocenters. The summed E-state index contributed by atoms with van der Waals surface area (Å²) in [5, 5.41) is 0. The van der Waals surface area contributed by atoms with Crippen molar-refractivity contribution < 1.29 is 18.0 Å². The molecule has 92 valence electrons. The molecule has 2 rings (SSSR count). The van der Waals surface area contributed by atoms with E-state index in [2.05, 4.69) is 0 Å². The largest absolute Gasteiger partial charge is 0.294 e. The molecule has 0 N–H and O–H groups in total. The fourth-order valence-electron chi connectivity index (χ4n) is 1.66. The number of benzene rings is 2. The van der Waals surface area contributed by atoms with Crippen molar-refractivity contribution in [1.82, 2.24) is 0 Å². The van der Waals surface area contributed by atoms with E-state index in [1.54, 1.807) is 0 Å². The van der Waals surface area contributed by atoms with Gasteiger partial charge in [0.05, 0.1) is 0 Å².